The van der Waals surface area contributed by atoms with Gasteiger partial charge in [0.15, 0.2) is 0 Å². The fourth-order valence-electron chi connectivity index (χ4n) is 2.44. The van der Waals surface area contributed by atoms with Gasteiger partial charge in [-0.1, -0.05) is 25.1 Å². The van der Waals surface area contributed by atoms with Gasteiger partial charge in [0.1, 0.15) is 0 Å². The average molecular weight is 392 g/mol. The third-order valence-electron chi connectivity index (χ3n) is 4.09. The smallest absolute Gasteiger partial charge is 0.392 e. The Bertz CT molecular complexity index is 586. The Balaban J connectivity index is 2.91. The zero-order valence-corrected chi connectivity index (χ0v) is 17.2. The molecule has 0 saturated heterocycles. The van der Waals surface area contributed by atoms with Gasteiger partial charge in [-0.05, 0) is 25.0 Å². The molecule has 25 heavy (non-hydrogen) atoms. The largest absolute Gasteiger partial charge is 0.500 e. The van der Waals surface area contributed by atoms with Crippen LogP contribution in [-0.4, -0.2) is 67.2 Å². The first-order valence-electron chi connectivity index (χ1n) is 8.24. The molecule has 1 rings (SSSR count). The Hall–Kier alpha value is -0.813. The molecule has 1 N–H and O–H groups in total. The van der Waals surface area contributed by atoms with Gasteiger partial charge in [0.05, 0.1) is 11.0 Å². The molecule has 1 atom stereocenters. The van der Waals surface area contributed by atoms with Crippen molar-refractivity contribution in [1.82, 2.24) is 4.31 Å². The maximum atomic E-state index is 12.9. The molecular weight excluding hydrogens is 362 g/mol. The summed E-state index contributed by atoms with van der Waals surface area (Å²) in [6.07, 6.45) is 0.269. The van der Waals surface area contributed by atoms with Crippen molar-refractivity contribution in [3.05, 3.63) is 30.3 Å². The van der Waals surface area contributed by atoms with Crippen molar-refractivity contribution in [2.75, 3.05) is 34.4 Å². The minimum Gasteiger partial charge on any atom is -0.392 e. The molecule has 0 amide bonds. The van der Waals surface area contributed by atoms with Crippen LogP contribution in [0.15, 0.2) is 35.2 Å². The van der Waals surface area contributed by atoms with Gasteiger partial charge in [0.25, 0.3) is 0 Å². The summed E-state index contributed by atoms with van der Waals surface area (Å²) in [4.78, 5) is 0.215. The first kappa shape index (κ1) is 22.2. The first-order chi connectivity index (χ1) is 11.8. The van der Waals surface area contributed by atoms with Crippen LogP contribution in [0.1, 0.15) is 19.8 Å². The molecule has 144 valence electrons. The summed E-state index contributed by atoms with van der Waals surface area (Å²) in [6.45, 7) is 2.12. The van der Waals surface area contributed by atoms with Gasteiger partial charge in [-0.25, -0.2) is 8.42 Å². The zero-order valence-electron chi connectivity index (χ0n) is 15.3. The zero-order chi connectivity index (χ0) is 18.9. The Labute approximate surface area is 151 Å². The monoisotopic (exact) mass is 391 g/mol. The summed E-state index contributed by atoms with van der Waals surface area (Å²) < 4.78 is 43.2. The number of aliphatic hydroxyl groups excluding tert-OH is 1. The van der Waals surface area contributed by atoms with E-state index in [0.717, 1.165) is 0 Å². The Kier molecular flexibility index (Phi) is 9.21. The van der Waals surface area contributed by atoms with Crippen molar-refractivity contribution in [3.63, 3.8) is 0 Å². The van der Waals surface area contributed by atoms with Crippen molar-refractivity contribution in [2.45, 2.75) is 36.8 Å². The van der Waals surface area contributed by atoms with Gasteiger partial charge in [-0.3, -0.25) is 0 Å². The highest BCUT2D eigenvalue weighted by Gasteiger charge is 2.37. The van der Waals surface area contributed by atoms with Crippen molar-refractivity contribution in [1.29, 1.82) is 0 Å². The fourth-order valence-corrected chi connectivity index (χ4v) is 5.68. The van der Waals surface area contributed by atoms with Gasteiger partial charge in [0.2, 0.25) is 10.0 Å². The van der Waals surface area contributed by atoms with Gasteiger partial charge in [-0.2, -0.15) is 4.31 Å². The van der Waals surface area contributed by atoms with E-state index in [-0.39, 0.29) is 18.0 Å². The van der Waals surface area contributed by atoms with E-state index in [1.807, 2.05) is 6.92 Å². The predicted molar refractivity (Wildman–Crippen MR) is 97.7 cm³/mol. The topological polar surface area (TPSA) is 85.3 Å². The summed E-state index contributed by atoms with van der Waals surface area (Å²) in [5.74, 6) is 0. The number of hydrogen-bond donors (Lipinski definition) is 1. The number of aliphatic hydroxyl groups is 1. The highest BCUT2D eigenvalue weighted by atomic mass is 32.2. The first-order valence-corrected chi connectivity index (χ1v) is 11.6. The molecular formula is C16H29NO6SSi. The molecule has 1 unspecified atom stereocenters. The molecule has 0 heterocycles. The van der Waals surface area contributed by atoms with Gasteiger partial charge >= 0.3 is 8.80 Å². The Morgan fingerprint density at radius 2 is 1.68 bits per heavy atom. The quantitative estimate of drug-likeness (QED) is 0.546. The molecule has 0 fully saturated rings. The SMILES string of the molecule is CCC(O)CN(CCC[Si](OC)(OC)OC)S(=O)(=O)c1ccccc1. The molecule has 0 aliphatic rings. The van der Waals surface area contributed by atoms with Crippen LogP contribution in [-0.2, 0) is 23.3 Å². The van der Waals surface area contributed by atoms with Gasteiger partial charge in [0, 0.05) is 40.5 Å². The fraction of sp³-hybridized carbons (Fsp3) is 0.625. The number of nitrogens with zero attached hydrogens (tertiary/aromatic N) is 1. The Morgan fingerprint density at radius 3 is 2.16 bits per heavy atom. The van der Waals surface area contributed by atoms with E-state index in [0.29, 0.717) is 18.9 Å². The predicted octanol–water partition coefficient (Wildman–Crippen LogP) is 1.72. The molecule has 0 bridgehead atoms. The van der Waals surface area contributed by atoms with E-state index in [9.17, 15) is 13.5 Å². The summed E-state index contributed by atoms with van der Waals surface area (Å²) in [5.41, 5.74) is 0. The lowest BCUT2D eigenvalue weighted by Crippen LogP contribution is -2.44. The molecule has 0 radical (unpaired) electrons. The minimum absolute atomic E-state index is 0.0508. The molecule has 1 aromatic rings. The Morgan fingerprint density at radius 1 is 1.12 bits per heavy atom. The lowest BCUT2D eigenvalue weighted by atomic mass is 10.3. The van der Waals surface area contributed by atoms with Crippen LogP contribution in [0.2, 0.25) is 6.04 Å². The second-order valence-electron chi connectivity index (χ2n) is 5.64. The standard InChI is InChI=1S/C16H29NO6SSi/c1-5-15(18)14-17(12-9-13-25(21-2,22-3)23-4)24(19,20)16-10-7-6-8-11-16/h6-8,10-11,15,18H,5,9,12-14H2,1-4H3. The van der Waals surface area contributed by atoms with Crippen molar-refractivity contribution in [3.8, 4) is 0 Å². The van der Waals surface area contributed by atoms with Crippen LogP contribution in [0.25, 0.3) is 0 Å². The van der Waals surface area contributed by atoms with Gasteiger partial charge in [-0.15, -0.1) is 0 Å². The van der Waals surface area contributed by atoms with E-state index in [2.05, 4.69) is 0 Å². The summed E-state index contributed by atoms with van der Waals surface area (Å²) in [7, 11) is -1.85. The molecule has 0 aromatic heterocycles. The summed E-state index contributed by atoms with van der Waals surface area (Å²) in [6, 6.07) is 8.72. The van der Waals surface area contributed by atoms with Crippen LogP contribution in [0.3, 0.4) is 0 Å². The van der Waals surface area contributed by atoms with Crippen LogP contribution < -0.4 is 0 Å². The van der Waals surface area contributed by atoms with E-state index >= 15 is 0 Å². The lowest BCUT2D eigenvalue weighted by Gasteiger charge is -2.27. The number of sulfonamides is 1. The maximum absolute atomic E-state index is 12.9. The molecule has 0 spiro atoms. The molecule has 1 aromatic carbocycles. The van der Waals surface area contributed by atoms with Crippen molar-refractivity contribution < 1.29 is 26.8 Å². The van der Waals surface area contributed by atoms with Crippen molar-refractivity contribution >= 4 is 18.8 Å². The second kappa shape index (κ2) is 10.4. The van der Waals surface area contributed by atoms with Crippen molar-refractivity contribution in [2.24, 2.45) is 0 Å². The maximum Gasteiger partial charge on any atom is 0.500 e. The second-order valence-corrected chi connectivity index (χ2v) is 10.7. The lowest BCUT2D eigenvalue weighted by molar-refractivity contribution is 0.120. The molecule has 0 aliphatic carbocycles. The number of hydrogen-bond acceptors (Lipinski definition) is 6. The van der Waals surface area contributed by atoms with E-state index < -0.39 is 24.9 Å². The number of benzene rings is 1. The molecule has 7 nitrogen and oxygen atoms in total. The normalized spacial score (nSPS) is 14.0. The van der Waals surface area contributed by atoms with E-state index in [1.165, 1.54) is 25.6 Å². The van der Waals surface area contributed by atoms with Crippen LogP contribution in [0, 0.1) is 0 Å². The molecule has 0 saturated carbocycles. The van der Waals surface area contributed by atoms with Crippen LogP contribution in [0.4, 0.5) is 0 Å². The number of rotatable bonds is 12. The van der Waals surface area contributed by atoms with E-state index in [1.54, 1.807) is 30.3 Å². The average Bonchev–Trinajstić information content (AvgIpc) is 2.65. The minimum atomic E-state index is -3.68. The third-order valence-corrected chi connectivity index (χ3v) is 8.80. The summed E-state index contributed by atoms with van der Waals surface area (Å²) >= 11 is 0. The molecule has 9 heteroatoms. The highest BCUT2D eigenvalue weighted by Crippen LogP contribution is 2.20. The third kappa shape index (κ3) is 6.14. The van der Waals surface area contributed by atoms with Crippen LogP contribution in [0.5, 0.6) is 0 Å². The molecule has 0 aliphatic heterocycles. The van der Waals surface area contributed by atoms with Gasteiger partial charge < -0.3 is 18.4 Å². The highest BCUT2D eigenvalue weighted by molar-refractivity contribution is 7.89. The van der Waals surface area contributed by atoms with Crippen LogP contribution >= 0.6 is 0 Å². The van der Waals surface area contributed by atoms with E-state index in [4.69, 9.17) is 13.3 Å². The summed E-state index contributed by atoms with van der Waals surface area (Å²) in [5, 5.41) is 9.96.